The van der Waals surface area contributed by atoms with Crippen LogP contribution in [-0.4, -0.2) is 40.7 Å². The normalized spacial score (nSPS) is 12.8. The minimum atomic E-state index is -0.821. The molecule has 8 heteroatoms. The fraction of sp³-hybridized carbons (Fsp3) is 0.346. The topological polar surface area (TPSA) is 103 Å². The third-order valence-corrected chi connectivity index (χ3v) is 5.76. The van der Waals surface area contributed by atoms with Gasteiger partial charge in [0.25, 0.3) is 0 Å². The van der Waals surface area contributed by atoms with Gasteiger partial charge in [0, 0.05) is 30.1 Å². The molecule has 0 saturated heterocycles. The van der Waals surface area contributed by atoms with Crippen LogP contribution >= 0.6 is 11.6 Å². The molecule has 2 atom stereocenters. The molecule has 0 unspecified atom stereocenters. The molecule has 0 bridgehead atoms. The Balaban J connectivity index is 1.79. The van der Waals surface area contributed by atoms with E-state index in [-0.39, 0.29) is 17.7 Å². The maximum Gasteiger partial charge on any atom is 0.243 e. The molecule has 180 valence electrons. The summed E-state index contributed by atoms with van der Waals surface area (Å²) in [7, 11) is 0. The number of para-hydroxylation sites is 1. The third kappa shape index (κ3) is 7.09. The Morgan fingerprint density at radius 2 is 1.62 bits per heavy atom. The lowest BCUT2D eigenvalue weighted by Crippen LogP contribution is -2.54. The van der Waals surface area contributed by atoms with E-state index in [1.165, 1.54) is 0 Å². The highest BCUT2D eigenvalue weighted by atomic mass is 35.5. The minimum Gasteiger partial charge on any atom is -0.361 e. The maximum atomic E-state index is 13.2. The van der Waals surface area contributed by atoms with Crippen LogP contribution < -0.4 is 16.0 Å². The zero-order valence-electron chi connectivity index (χ0n) is 19.4. The van der Waals surface area contributed by atoms with Gasteiger partial charge in [0.2, 0.25) is 17.7 Å². The van der Waals surface area contributed by atoms with Crippen LogP contribution in [0.5, 0.6) is 0 Å². The molecule has 4 N–H and O–H groups in total. The van der Waals surface area contributed by atoms with Crippen LogP contribution in [0.15, 0.2) is 60.8 Å². The van der Waals surface area contributed by atoms with Gasteiger partial charge in [0.1, 0.15) is 18.0 Å². The summed E-state index contributed by atoms with van der Waals surface area (Å²) in [5.74, 6) is -1.21. The zero-order chi connectivity index (χ0) is 24.5. The van der Waals surface area contributed by atoms with Gasteiger partial charge >= 0.3 is 0 Å². The molecule has 0 aliphatic heterocycles. The van der Waals surface area contributed by atoms with Crippen molar-refractivity contribution in [1.29, 1.82) is 0 Å². The Kier molecular flexibility index (Phi) is 9.10. The summed E-state index contributed by atoms with van der Waals surface area (Å²) < 4.78 is 0. The average molecular weight is 483 g/mol. The van der Waals surface area contributed by atoms with Crippen molar-refractivity contribution in [2.24, 2.45) is 5.92 Å². The molecule has 3 aromatic rings. The number of halogens is 1. The van der Waals surface area contributed by atoms with Gasteiger partial charge in [-0.1, -0.05) is 62.4 Å². The van der Waals surface area contributed by atoms with Crippen LogP contribution in [0.4, 0.5) is 0 Å². The Morgan fingerprint density at radius 3 is 2.32 bits per heavy atom. The molecule has 0 saturated carbocycles. The van der Waals surface area contributed by atoms with E-state index in [4.69, 9.17) is 11.6 Å². The molecule has 0 spiro atoms. The third-order valence-electron chi connectivity index (χ3n) is 5.52. The Morgan fingerprint density at radius 1 is 0.912 bits per heavy atom. The van der Waals surface area contributed by atoms with Crippen molar-refractivity contribution in [1.82, 2.24) is 20.9 Å². The number of fused-ring (bicyclic) bond motifs is 1. The van der Waals surface area contributed by atoms with Crippen LogP contribution in [-0.2, 0) is 27.3 Å². The highest BCUT2D eigenvalue weighted by Crippen LogP contribution is 2.19. The first-order valence-corrected chi connectivity index (χ1v) is 11.9. The van der Waals surface area contributed by atoms with Crippen molar-refractivity contribution < 1.29 is 14.4 Å². The highest BCUT2D eigenvalue weighted by Gasteiger charge is 2.28. The van der Waals surface area contributed by atoms with Crippen molar-refractivity contribution >= 4 is 40.2 Å². The summed E-state index contributed by atoms with van der Waals surface area (Å²) in [5, 5.41) is 9.45. The van der Waals surface area contributed by atoms with Gasteiger partial charge in [-0.15, -0.1) is 11.6 Å². The molecule has 0 aliphatic carbocycles. The highest BCUT2D eigenvalue weighted by molar-refractivity contribution is 6.27. The van der Waals surface area contributed by atoms with E-state index in [1.54, 1.807) is 0 Å². The Bertz CT molecular complexity index is 1110. The quantitative estimate of drug-likeness (QED) is 0.315. The van der Waals surface area contributed by atoms with Crippen LogP contribution in [0.25, 0.3) is 10.9 Å². The second-order valence-corrected chi connectivity index (χ2v) is 8.98. The molecule has 1 heterocycles. The van der Waals surface area contributed by atoms with Gasteiger partial charge in [-0.05, 0) is 29.5 Å². The molecule has 0 fully saturated rings. The molecule has 2 aromatic carbocycles. The number of aromatic nitrogens is 1. The molecule has 3 amide bonds. The van der Waals surface area contributed by atoms with Crippen LogP contribution in [0.1, 0.15) is 31.4 Å². The van der Waals surface area contributed by atoms with E-state index in [2.05, 4.69) is 20.9 Å². The Labute approximate surface area is 204 Å². The number of carbonyl (C=O) groups excluding carboxylic acids is 3. The van der Waals surface area contributed by atoms with Gasteiger partial charge in [0.05, 0.1) is 0 Å². The predicted octanol–water partition coefficient (Wildman–Crippen LogP) is 3.28. The first-order valence-electron chi connectivity index (χ1n) is 11.4. The number of hydrogen-bond acceptors (Lipinski definition) is 3. The summed E-state index contributed by atoms with van der Waals surface area (Å²) in [6.45, 7) is 4.27. The molecule has 34 heavy (non-hydrogen) atoms. The van der Waals surface area contributed by atoms with Crippen molar-refractivity contribution in [3.05, 3.63) is 71.9 Å². The molecule has 0 aliphatic rings. The molecule has 0 radical (unpaired) electrons. The number of hydrogen-bond donors (Lipinski definition) is 4. The van der Waals surface area contributed by atoms with Gasteiger partial charge in [-0.25, -0.2) is 0 Å². The van der Waals surface area contributed by atoms with E-state index < -0.39 is 23.9 Å². The maximum absolute atomic E-state index is 13.2. The monoisotopic (exact) mass is 482 g/mol. The number of rotatable bonds is 11. The van der Waals surface area contributed by atoms with Crippen LogP contribution in [0.2, 0.25) is 0 Å². The first-order chi connectivity index (χ1) is 16.4. The molecular weight excluding hydrogens is 452 g/mol. The summed E-state index contributed by atoms with van der Waals surface area (Å²) in [6.07, 6.45) is 2.59. The smallest absolute Gasteiger partial charge is 0.243 e. The summed E-state index contributed by atoms with van der Waals surface area (Å²) in [6, 6.07) is 15.8. The number of benzene rings is 2. The number of amides is 3. The second-order valence-electron chi connectivity index (χ2n) is 8.71. The minimum absolute atomic E-state index is 0.158. The van der Waals surface area contributed by atoms with Crippen LogP contribution in [0.3, 0.4) is 0 Å². The molecule has 1 aromatic heterocycles. The lowest BCUT2D eigenvalue weighted by atomic mass is 10.0. The van der Waals surface area contributed by atoms with Crippen LogP contribution in [0, 0.1) is 5.92 Å². The summed E-state index contributed by atoms with van der Waals surface area (Å²) in [4.78, 5) is 41.4. The SMILES string of the molecule is CC(C)C[C@H](NC(=O)CCl)C(=O)N[C@@H](Cc1c[nH]c2ccccc12)C(=O)NCc1ccccc1. The Hall–Kier alpha value is -3.32. The van der Waals surface area contributed by atoms with Crippen molar-refractivity contribution in [3.63, 3.8) is 0 Å². The number of H-pyrrole nitrogens is 1. The number of carbonyl (C=O) groups is 3. The van der Waals surface area contributed by atoms with E-state index >= 15 is 0 Å². The standard InChI is InChI=1S/C26H31ClN4O3/c1-17(2)12-22(30-24(32)14-27)26(34)31-23(25(33)29-15-18-8-4-3-5-9-18)13-19-16-28-21-11-7-6-10-20(19)21/h3-11,16-17,22-23,28H,12-15H2,1-2H3,(H,29,33)(H,30,32)(H,31,34)/t22-,23-/m0/s1. The first kappa shape index (κ1) is 25.3. The lowest BCUT2D eigenvalue weighted by molar-refractivity contribution is -0.132. The van der Waals surface area contributed by atoms with Crippen molar-refractivity contribution in [2.75, 3.05) is 5.88 Å². The number of nitrogens with one attached hydrogen (secondary N) is 4. The predicted molar refractivity (Wildman–Crippen MR) is 134 cm³/mol. The molecule has 3 rings (SSSR count). The largest absolute Gasteiger partial charge is 0.361 e. The van der Waals surface area contributed by atoms with E-state index in [0.29, 0.717) is 19.4 Å². The van der Waals surface area contributed by atoms with E-state index in [9.17, 15) is 14.4 Å². The van der Waals surface area contributed by atoms with Gasteiger partial charge in [-0.3, -0.25) is 14.4 Å². The number of alkyl halides is 1. The second kappa shape index (κ2) is 12.2. The average Bonchev–Trinajstić information content (AvgIpc) is 3.24. The fourth-order valence-corrected chi connectivity index (χ4v) is 3.92. The van der Waals surface area contributed by atoms with Gasteiger partial charge in [-0.2, -0.15) is 0 Å². The fourth-order valence-electron chi connectivity index (χ4n) is 3.85. The van der Waals surface area contributed by atoms with Gasteiger partial charge in [0.15, 0.2) is 0 Å². The lowest BCUT2D eigenvalue weighted by Gasteiger charge is -2.24. The molecular formula is C26H31ClN4O3. The van der Waals surface area contributed by atoms with Crippen molar-refractivity contribution in [2.45, 2.75) is 45.3 Å². The van der Waals surface area contributed by atoms with E-state index in [1.807, 2.05) is 74.6 Å². The van der Waals surface area contributed by atoms with Crippen molar-refractivity contribution in [3.8, 4) is 0 Å². The van der Waals surface area contributed by atoms with Gasteiger partial charge < -0.3 is 20.9 Å². The summed E-state index contributed by atoms with van der Waals surface area (Å²) >= 11 is 5.63. The summed E-state index contributed by atoms with van der Waals surface area (Å²) in [5.41, 5.74) is 2.83. The number of aromatic amines is 1. The van der Waals surface area contributed by atoms with E-state index in [0.717, 1.165) is 22.0 Å². The molecule has 7 nitrogen and oxygen atoms in total. The zero-order valence-corrected chi connectivity index (χ0v) is 20.2.